The van der Waals surface area contributed by atoms with Gasteiger partial charge in [-0.3, -0.25) is 4.79 Å². The van der Waals surface area contributed by atoms with E-state index >= 15 is 0 Å². The zero-order valence-electron chi connectivity index (χ0n) is 21.4. The van der Waals surface area contributed by atoms with E-state index in [2.05, 4.69) is 10.3 Å². The minimum absolute atomic E-state index is 0.0141. The fraction of sp³-hybridized carbons (Fsp3) is 0.250. The van der Waals surface area contributed by atoms with E-state index in [0.29, 0.717) is 34.5 Å². The number of hydrogen-bond donors (Lipinski definition) is 2. The number of carbonyl (C=O) groups excluding carboxylic acids is 2. The van der Waals surface area contributed by atoms with Crippen LogP contribution in [0.25, 0.3) is 17.0 Å². The third kappa shape index (κ3) is 6.09. The molecule has 9 nitrogen and oxygen atoms in total. The molecule has 38 heavy (non-hydrogen) atoms. The predicted molar refractivity (Wildman–Crippen MR) is 149 cm³/mol. The van der Waals surface area contributed by atoms with Crippen molar-refractivity contribution in [1.29, 1.82) is 0 Å². The molecule has 2 aromatic carbocycles. The van der Waals surface area contributed by atoms with Crippen molar-refractivity contribution in [2.75, 3.05) is 34.0 Å². The monoisotopic (exact) mass is 535 g/mol. The highest BCUT2D eigenvalue weighted by molar-refractivity contribution is 8.18. The van der Waals surface area contributed by atoms with Crippen LogP contribution >= 0.6 is 11.8 Å². The van der Waals surface area contributed by atoms with E-state index in [1.54, 1.807) is 51.5 Å². The Hall–Kier alpha value is -4.02. The number of aliphatic hydroxyl groups is 1. The smallest absolute Gasteiger partial charge is 0.344 e. The first-order chi connectivity index (χ1) is 18.4. The van der Waals surface area contributed by atoms with Gasteiger partial charge in [-0.1, -0.05) is 30.0 Å². The van der Waals surface area contributed by atoms with Crippen LogP contribution in [0.2, 0.25) is 0 Å². The van der Waals surface area contributed by atoms with Gasteiger partial charge in [-0.05, 0) is 43.3 Å². The molecule has 2 N–H and O–H groups in total. The Kier molecular flexibility index (Phi) is 8.88. The maximum Gasteiger partial charge on any atom is 0.344 e. The molecule has 0 saturated carbocycles. The Morgan fingerprint density at radius 3 is 2.61 bits per heavy atom. The van der Waals surface area contributed by atoms with Crippen LogP contribution in [-0.2, 0) is 25.6 Å². The summed E-state index contributed by atoms with van der Waals surface area (Å²) in [7, 11) is 3.16. The lowest BCUT2D eigenvalue weighted by molar-refractivity contribution is -0.138. The first kappa shape index (κ1) is 27.0. The molecule has 0 bridgehead atoms. The van der Waals surface area contributed by atoms with Gasteiger partial charge < -0.3 is 29.2 Å². The summed E-state index contributed by atoms with van der Waals surface area (Å²) >= 11 is 1.18. The zero-order chi connectivity index (χ0) is 27.1. The van der Waals surface area contributed by atoms with Crippen molar-refractivity contribution in [3.8, 4) is 5.75 Å². The van der Waals surface area contributed by atoms with Crippen molar-refractivity contribution in [3.63, 3.8) is 0 Å². The number of fused-ring (bicyclic) bond motifs is 1. The van der Waals surface area contributed by atoms with Gasteiger partial charge in [0.05, 0.1) is 30.9 Å². The Bertz CT molecular complexity index is 1420. The van der Waals surface area contributed by atoms with E-state index in [1.807, 2.05) is 35.0 Å². The van der Waals surface area contributed by atoms with Gasteiger partial charge >= 0.3 is 5.97 Å². The van der Waals surface area contributed by atoms with Gasteiger partial charge in [-0.2, -0.15) is 0 Å². The van der Waals surface area contributed by atoms with Crippen molar-refractivity contribution in [3.05, 3.63) is 76.5 Å². The van der Waals surface area contributed by atoms with Crippen LogP contribution in [-0.4, -0.2) is 60.6 Å². The molecular weight excluding hydrogens is 506 g/mol. The lowest BCUT2D eigenvalue weighted by atomic mass is 10.1. The maximum absolute atomic E-state index is 12.8. The molecule has 1 aliphatic rings. The van der Waals surface area contributed by atoms with E-state index in [1.165, 1.54) is 11.8 Å². The Morgan fingerprint density at radius 1 is 1.13 bits per heavy atom. The minimum atomic E-state index is -0.650. The molecule has 0 aliphatic carbocycles. The first-order valence-corrected chi connectivity index (χ1v) is 12.8. The summed E-state index contributed by atoms with van der Waals surface area (Å²) in [5.74, 6) is -0.307. The quantitative estimate of drug-likeness (QED) is 0.288. The van der Waals surface area contributed by atoms with Crippen LogP contribution in [0.1, 0.15) is 12.5 Å². The number of thioether (sulfide) groups is 1. The van der Waals surface area contributed by atoms with Crippen molar-refractivity contribution < 1.29 is 28.9 Å². The van der Waals surface area contributed by atoms with Gasteiger partial charge in [0, 0.05) is 36.3 Å². The molecule has 0 atom stereocenters. The Morgan fingerprint density at radius 2 is 1.89 bits per heavy atom. The lowest BCUT2D eigenvalue weighted by Gasteiger charge is -2.06. The average molecular weight is 536 g/mol. The molecule has 10 heteroatoms. The van der Waals surface area contributed by atoms with E-state index in [-0.39, 0.29) is 30.4 Å². The SMILES string of the molecule is CCOC(=O)C1=C(O)/C(=C/c2cn(CC(=O)NCCOC)c3ccccc23)SC1=Nc1ccc(OC)cc1. The highest BCUT2D eigenvalue weighted by atomic mass is 32.2. The number of aromatic nitrogens is 1. The number of benzene rings is 2. The molecule has 0 unspecified atom stereocenters. The fourth-order valence-electron chi connectivity index (χ4n) is 3.93. The molecule has 2 heterocycles. The van der Waals surface area contributed by atoms with Crippen LogP contribution < -0.4 is 10.1 Å². The second-order valence-electron chi connectivity index (χ2n) is 8.24. The number of esters is 1. The molecule has 4 rings (SSSR count). The van der Waals surface area contributed by atoms with Crippen LogP contribution in [0.4, 0.5) is 5.69 Å². The minimum Gasteiger partial charge on any atom is -0.506 e. The topological polar surface area (TPSA) is 111 Å². The summed E-state index contributed by atoms with van der Waals surface area (Å²) in [5.41, 5.74) is 2.26. The third-order valence-corrected chi connectivity index (χ3v) is 6.74. The standard InChI is InChI=1S/C28H29N3O6S/c1-4-37-28(34)25-26(33)23(38-27(25)30-19-9-11-20(36-3)12-10-19)15-18-16-31(17-24(32)29-13-14-35-2)22-8-6-5-7-21(18)22/h5-12,15-16,33H,4,13-14,17H2,1-3H3,(H,29,32)/b23-15-,30-27?. The van der Waals surface area contributed by atoms with E-state index in [4.69, 9.17) is 14.2 Å². The molecule has 0 spiro atoms. The van der Waals surface area contributed by atoms with Crippen molar-refractivity contribution >= 4 is 51.3 Å². The number of para-hydroxylation sites is 1. The largest absolute Gasteiger partial charge is 0.506 e. The number of aliphatic hydroxyl groups excluding tert-OH is 1. The normalized spacial score (nSPS) is 15.4. The Labute approximate surface area is 224 Å². The second-order valence-corrected chi connectivity index (χ2v) is 9.27. The summed E-state index contributed by atoms with van der Waals surface area (Å²) in [5, 5.41) is 15.1. The molecule has 198 valence electrons. The summed E-state index contributed by atoms with van der Waals surface area (Å²) in [6.45, 7) is 2.85. The second kappa shape index (κ2) is 12.5. The van der Waals surface area contributed by atoms with Gasteiger partial charge in [-0.15, -0.1) is 0 Å². The van der Waals surface area contributed by atoms with Crippen molar-refractivity contribution in [1.82, 2.24) is 9.88 Å². The molecule has 1 aromatic heterocycles. The number of ether oxygens (including phenoxy) is 3. The number of nitrogens with zero attached hydrogens (tertiary/aromatic N) is 2. The fourth-order valence-corrected chi connectivity index (χ4v) is 4.96. The average Bonchev–Trinajstić information content (AvgIpc) is 3.41. The highest BCUT2D eigenvalue weighted by Crippen LogP contribution is 2.41. The number of amides is 1. The van der Waals surface area contributed by atoms with Gasteiger partial charge in [0.1, 0.15) is 28.7 Å². The van der Waals surface area contributed by atoms with Crippen LogP contribution in [0.5, 0.6) is 5.75 Å². The van der Waals surface area contributed by atoms with Crippen molar-refractivity contribution in [2.24, 2.45) is 4.99 Å². The van der Waals surface area contributed by atoms with Crippen LogP contribution in [0.15, 0.2) is 76.0 Å². The number of methoxy groups -OCH3 is 2. The molecule has 0 radical (unpaired) electrons. The van der Waals surface area contributed by atoms with Gasteiger partial charge in [0.15, 0.2) is 0 Å². The highest BCUT2D eigenvalue weighted by Gasteiger charge is 2.33. The summed E-state index contributed by atoms with van der Waals surface area (Å²) in [6.07, 6.45) is 3.64. The zero-order valence-corrected chi connectivity index (χ0v) is 22.2. The molecule has 1 amide bonds. The first-order valence-electron chi connectivity index (χ1n) is 12.0. The third-order valence-electron chi connectivity index (χ3n) is 5.72. The van der Waals surface area contributed by atoms with Gasteiger partial charge in [0.2, 0.25) is 5.91 Å². The van der Waals surface area contributed by atoms with Crippen LogP contribution in [0.3, 0.4) is 0 Å². The molecular formula is C28H29N3O6S. The van der Waals surface area contributed by atoms with E-state index in [9.17, 15) is 14.7 Å². The summed E-state index contributed by atoms with van der Waals surface area (Å²) < 4.78 is 17.2. The number of nitrogens with one attached hydrogen (secondary N) is 1. The number of aliphatic imine (C=N–C) groups is 1. The van der Waals surface area contributed by atoms with Gasteiger partial charge in [0.25, 0.3) is 0 Å². The predicted octanol–water partition coefficient (Wildman–Crippen LogP) is 4.61. The molecule has 1 aliphatic heterocycles. The molecule has 3 aromatic rings. The lowest BCUT2D eigenvalue weighted by Crippen LogP contribution is -2.30. The number of rotatable bonds is 10. The van der Waals surface area contributed by atoms with E-state index < -0.39 is 5.97 Å². The van der Waals surface area contributed by atoms with E-state index in [0.717, 1.165) is 16.5 Å². The van der Waals surface area contributed by atoms with Crippen molar-refractivity contribution in [2.45, 2.75) is 13.5 Å². The summed E-state index contributed by atoms with van der Waals surface area (Å²) in [6, 6.07) is 14.7. The van der Waals surface area contributed by atoms with Crippen LogP contribution in [0, 0.1) is 0 Å². The molecule has 0 saturated heterocycles. The Balaban J connectivity index is 1.70. The van der Waals surface area contributed by atoms with Gasteiger partial charge in [-0.25, -0.2) is 9.79 Å². The summed E-state index contributed by atoms with van der Waals surface area (Å²) in [4.78, 5) is 30.3. The molecule has 0 fully saturated rings. The number of hydrogen-bond acceptors (Lipinski definition) is 8. The number of carbonyl (C=O) groups is 2. The maximum atomic E-state index is 12.8.